The predicted molar refractivity (Wildman–Crippen MR) is 90.0 cm³/mol. The van der Waals surface area contributed by atoms with Crippen molar-refractivity contribution in [1.82, 2.24) is 24.6 Å². The molecule has 1 atom stereocenters. The maximum atomic E-state index is 11.8. The van der Waals surface area contributed by atoms with Gasteiger partial charge in [0.2, 0.25) is 5.91 Å². The summed E-state index contributed by atoms with van der Waals surface area (Å²) in [6.07, 6.45) is 8.31. The molecule has 0 aromatic carbocycles. The zero-order chi connectivity index (χ0) is 16.4. The van der Waals surface area contributed by atoms with Gasteiger partial charge in [0.15, 0.2) is 0 Å². The molecule has 0 aliphatic carbocycles. The smallest absolute Gasteiger partial charge is 0.222 e. The molecule has 0 bridgehead atoms. The predicted octanol–water partition coefficient (Wildman–Crippen LogP) is 1.85. The second-order valence-corrected chi connectivity index (χ2v) is 6.72. The van der Waals surface area contributed by atoms with Gasteiger partial charge in [-0.15, -0.1) is 0 Å². The maximum absolute atomic E-state index is 11.8. The van der Waals surface area contributed by atoms with Crippen LogP contribution in [0.25, 0.3) is 0 Å². The van der Waals surface area contributed by atoms with Crippen molar-refractivity contribution in [1.29, 1.82) is 0 Å². The van der Waals surface area contributed by atoms with Gasteiger partial charge in [0.05, 0.1) is 11.7 Å². The van der Waals surface area contributed by atoms with Crippen LogP contribution in [0.1, 0.15) is 36.6 Å². The van der Waals surface area contributed by atoms with Crippen molar-refractivity contribution >= 4 is 5.91 Å². The van der Waals surface area contributed by atoms with Crippen LogP contribution in [-0.2, 0) is 17.9 Å². The van der Waals surface area contributed by atoms with Crippen molar-refractivity contribution in [3.05, 3.63) is 48.0 Å². The number of nitrogens with zero attached hydrogens (tertiary/aromatic N) is 5. The van der Waals surface area contributed by atoms with Crippen LogP contribution >= 0.6 is 0 Å². The van der Waals surface area contributed by atoms with Gasteiger partial charge in [-0.1, -0.05) is 6.07 Å². The van der Waals surface area contributed by atoms with Crippen molar-refractivity contribution < 1.29 is 4.79 Å². The summed E-state index contributed by atoms with van der Waals surface area (Å²) in [5.74, 6) is 0.304. The third-order valence-electron chi connectivity index (χ3n) is 4.99. The largest absolute Gasteiger partial charge is 0.343 e. The minimum Gasteiger partial charge on any atom is -0.343 e. The van der Waals surface area contributed by atoms with E-state index in [9.17, 15) is 4.79 Å². The molecule has 126 valence electrons. The summed E-state index contributed by atoms with van der Waals surface area (Å²) in [5.41, 5.74) is 2.49. The Hall–Kier alpha value is -2.21. The van der Waals surface area contributed by atoms with Crippen molar-refractivity contribution in [2.75, 3.05) is 19.6 Å². The van der Waals surface area contributed by atoms with Crippen molar-refractivity contribution in [2.45, 2.75) is 38.4 Å². The summed E-state index contributed by atoms with van der Waals surface area (Å²) in [4.78, 5) is 20.5. The molecule has 2 aliphatic rings. The van der Waals surface area contributed by atoms with Crippen LogP contribution in [0.2, 0.25) is 0 Å². The van der Waals surface area contributed by atoms with Crippen molar-refractivity contribution in [2.24, 2.45) is 0 Å². The van der Waals surface area contributed by atoms with Gasteiger partial charge in [0, 0.05) is 57.7 Å². The first-order valence-electron chi connectivity index (χ1n) is 8.71. The van der Waals surface area contributed by atoms with E-state index in [-0.39, 0.29) is 0 Å². The van der Waals surface area contributed by atoms with Gasteiger partial charge in [-0.2, -0.15) is 5.10 Å². The highest BCUT2D eigenvalue weighted by Crippen LogP contribution is 2.25. The fourth-order valence-electron chi connectivity index (χ4n) is 3.79. The molecule has 4 heterocycles. The molecular formula is C18H23N5O. The average molecular weight is 325 g/mol. The van der Waals surface area contributed by atoms with Crippen LogP contribution in [0, 0.1) is 0 Å². The van der Waals surface area contributed by atoms with E-state index in [1.165, 1.54) is 11.3 Å². The molecule has 2 aromatic heterocycles. The summed E-state index contributed by atoms with van der Waals surface area (Å²) in [7, 11) is 0. The van der Waals surface area contributed by atoms with Crippen LogP contribution in [0.15, 0.2) is 36.8 Å². The number of amides is 1. The van der Waals surface area contributed by atoms with Crippen LogP contribution in [0.4, 0.5) is 0 Å². The summed E-state index contributed by atoms with van der Waals surface area (Å²) in [6.45, 7) is 4.53. The van der Waals surface area contributed by atoms with Crippen LogP contribution in [0.3, 0.4) is 0 Å². The fraction of sp³-hybridized carbons (Fsp3) is 0.500. The molecule has 0 spiro atoms. The van der Waals surface area contributed by atoms with Gasteiger partial charge >= 0.3 is 0 Å². The SMILES string of the molecule is O=C1CCCN1CCC1CN(Cc2cccnc2)Cc2ccnn21. The van der Waals surface area contributed by atoms with E-state index in [2.05, 4.69) is 31.8 Å². The lowest BCUT2D eigenvalue weighted by Gasteiger charge is -2.34. The van der Waals surface area contributed by atoms with Crippen LogP contribution < -0.4 is 0 Å². The lowest BCUT2D eigenvalue weighted by atomic mass is 10.1. The van der Waals surface area contributed by atoms with Gasteiger partial charge in [0.1, 0.15) is 0 Å². The third kappa shape index (κ3) is 3.19. The highest BCUT2D eigenvalue weighted by Gasteiger charge is 2.27. The fourth-order valence-corrected chi connectivity index (χ4v) is 3.79. The number of pyridine rings is 1. The number of carbonyl (C=O) groups is 1. The number of hydrogen-bond donors (Lipinski definition) is 0. The monoisotopic (exact) mass is 325 g/mol. The first-order valence-corrected chi connectivity index (χ1v) is 8.71. The Kier molecular flexibility index (Phi) is 4.30. The molecule has 4 rings (SSSR count). The van der Waals surface area contributed by atoms with Gasteiger partial charge in [-0.05, 0) is 30.5 Å². The molecule has 1 saturated heterocycles. The van der Waals surface area contributed by atoms with E-state index >= 15 is 0 Å². The molecule has 0 saturated carbocycles. The van der Waals surface area contributed by atoms with Gasteiger partial charge < -0.3 is 4.90 Å². The summed E-state index contributed by atoms with van der Waals surface area (Å²) < 4.78 is 2.15. The Morgan fingerprint density at radius 1 is 1.25 bits per heavy atom. The van der Waals surface area contributed by atoms with E-state index in [1.807, 2.05) is 29.6 Å². The molecule has 6 heteroatoms. The lowest BCUT2D eigenvalue weighted by Crippen LogP contribution is -2.39. The van der Waals surface area contributed by atoms with E-state index in [4.69, 9.17) is 0 Å². The number of aromatic nitrogens is 3. The van der Waals surface area contributed by atoms with E-state index in [0.29, 0.717) is 18.4 Å². The highest BCUT2D eigenvalue weighted by atomic mass is 16.2. The molecule has 0 N–H and O–H groups in total. The van der Waals surface area contributed by atoms with Crippen LogP contribution in [0.5, 0.6) is 0 Å². The molecule has 6 nitrogen and oxygen atoms in total. The van der Waals surface area contributed by atoms with Crippen molar-refractivity contribution in [3.63, 3.8) is 0 Å². The first-order chi connectivity index (χ1) is 11.8. The summed E-state index contributed by atoms with van der Waals surface area (Å²) >= 11 is 0. The minimum atomic E-state index is 0.304. The normalized spacial score (nSPS) is 21.2. The Labute approximate surface area is 142 Å². The molecule has 2 aliphatic heterocycles. The number of hydrogen-bond acceptors (Lipinski definition) is 4. The zero-order valence-corrected chi connectivity index (χ0v) is 13.8. The molecular weight excluding hydrogens is 302 g/mol. The maximum Gasteiger partial charge on any atom is 0.222 e. The topological polar surface area (TPSA) is 54.3 Å². The quantitative estimate of drug-likeness (QED) is 0.842. The minimum absolute atomic E-state index is 0.304. The van der Waals surface area contributed by atoms with Gasteiger partial charge in [-0.3, -0.25) is 19.4 Å². The summed E-state index contributed by atoms with van der Waals surface area (Å²) in [5, 5.41) is 4.52. The third-order valence-corrected chi connectivity index (χ3v) is 4.99. The Bertz CT molecular complexity index is 698. The lowest BCUT2D eigenvalue weighted by molar-refractivity contribution is -0.127. The van der Waals surface area contributed by atoms with E-state index < -0.39 is 0 Å². The molecule has 1 unspecified atom stereocenters. The molecule has 1 amide bonds. The second-order valence-electron chi connectivity index (χ2n) is 6.72. The molecule has 2 aromatic rings. The number of likely N-dealkylation sites (tertiary alicyclic amines) is 1. The molecule has 24 heavy (non-hydrogen) atoms. The van der Waals surface area contributed by atoms with Gasteiger partial charge in [0.25, 0.3) is 0 Å². The first kappa shape index (κ1) is 15.3. The standard InChI is InChI=1S/C18H23N5O/c24-18-4-2-9-22(18)10-6-17-14-21(12-15-3-1-7-19-11-15)13-16-5-8-20-23(16)17/h1,3,5,7-8,11,17H,2,4,6,9-10,12-14H2. The second kappa shape index (κ2) is 6.73. The number of rotatable bonds is 5. The molecule has 0 radical (unpaired) electrons. The average Bonchev–Trinajstić information content (AvgIpc) is 3.22. The Morgan fingerprint density at radius 3 is 3.00 bits per heavy atom. The van der Waals surface area contributed by atoms with E-state index in [0.717, 1.165) is 45.6 Å². The van der Waals surface area contributed by atoms with Crippen molar-refractivity contribution in [3.8, 4) is 0 Å². The Morgan fingerprint density at radius 2 is 2.21 bits per heavy atom. The highest BCUT2D eigenvalue weighted by molar-refractivity contribution is 5.77. The number of carbonyl (C=O) groups excluding carboxylic acids is 1. The zero-order valence-electron chi connectivity index (χ0n) is 13.8. The summed E-state index contributed by atoms with van der Waals surface area (Å²) in [6, 6.07) is 6.54. The Balaban J connectivity index is 1.44. The van der Waals surface area contributed by atoms with E-state index in [1.54, 1.807) is 0 Å². The van der Waals surface area contributed by atoms with Gasteiger partial charge in [-0.25, -0.2) is 0 Å². The molecule has 1 fully saturated rings. The van der Waals surface area contributed by atoms with Crippen LogP contribution in [-0.4, -0.2) is 50.1 Å². The number of fused-ring (bicyclic) bond motifs is 1.